The number of carbonyl (C=O) groups excluding carboxylic acids is 1. The van der Waals surface area contributed by atoms with E-state index in [1.165, 1.54) is 0 Å². The van der Waals surface area contributed by atoms with Crippen molar-refractivity contribution in [3.05, 3.63) is 47.8 Å². The molecule has 0 N–H and O–H groups in total. The Balaban J connectivity index is 2.20. The average Bonchev–Trinajstić information content (AvgIpc) is 2.47. The van der Waals surface area contributed by atoms with Gasteiger partial charge in [0.1, 0.15) is 0 Å². The van der Waals surface area contributed by atoms with Crippen LogP contribution in [-0.2, 0) is 9.53 Å². The molecule has 0 fully saturated rings. The maximum absolute atomic E-state index is 11.7. The zero-order chi connectivity index (χ0) is 14.5. The summed E-state index contributed by atoms with van der Waals surface area (Å²) in [4.78, 5) is 11.7. The predicted molar refractivity (Wildman–Crippen MR) is 77.3 cm³/mol. The lowest BCUT2D eigenvalue weighted by atomic mass is 9.98. The summed E-state index contributed by atoms with van der Waals surface area (Å²) in [5.41, 5.74) is 3.91. The minimum absolute atomic E-state index is 0.193. The van der Waals surface area contributed by atoms with Crippen LogP contribution in [0.4, 0.5) is 0 Å². The van der Waals surface area contributed by atoms with Crippen molar-refractivity contribution in [3.8, 4) is 11.1 Å². The maximum Gasteiger partial charge on any atom is 0.313 e. The fourth-order valence-corrected chi connectivity index (χ4v) is 2.00. The number of nitrogens with zero attached hydrogens (tertiary/aromatic N) is 2. The van der Waals surface area contributed by atoms with Gasteiger partial charge in [0, 0.05) is 5.56 Å². The van der Waals surface area contributed by atoms with Crippen molar-refractivity contribution in [1.29, 1.82) is 0 Å². The molecule has 2 rings (SSSR count). The molecule has 0 saturated heterocycles. The van der Waals surface area contributed by atoms with Crippen molar-refractivity contribution in [2.45, 2.75) is 26.7 Å². The third-order valence-electron chi connectivity index (χ3n) is 3.16. The van der Waals surface area contributed by atoms with Gasteiger partial charge in [0.05, 0.1) is 24.4 Å². The molecule has 0 aliphatic rings. The van der Waals surface area contributed by atoms with Gasteiger partial charge in [0.2, 0.25) is 0 Å². The van der Waals surface area contributed by atoms with Crippen molar-refractivity contribution in [3.63, 3.8) is 0 Å². The third kappa shape index (κ3) is 3.20. The number of aromatic nitrogens is 2. The highest BCUT2D eigenvalue weighted by molar-refractivity contribution is 5.78. The Bertz CT molecular complexity index is 594. The summed E-state index contributed by atoms with van der Waals surface area (Å²) in [6, 6.07) is 9.86. The predicted octanol–water partition coefficient (Wildman–Crippen LogP) is 3.12. The van der Waals surface area contributed by atoms with Gasteiger partial charge < -0.3 is 4.74 Å². The van der Waals surface area contributed by atoms with Gasteiger partial charge in [-0.2, -0.15) is 10.2 Å². The Morgan fingerprint density at radius 3 is 2.55 bits per heavy atom. The summed E-state index contributed by atoms with van der Waals surface area (Å²) in [6.07, 6.45) is 1.73. The molecule has 1 atom stereocenters. The van der Waals surface area contributed by atoms with Gasteiger partial charge in [-0.25, -0.2) is 0 Å². The van der Waals surface area contributed by atoms with Gasteiger partial charge in [0.25, 0.3) is 0 Å². The smallest absolute Gasteiger partial charge is 0.313 e. The van der Waals surface area contributed by atoms with E-state index in [-0.39, 0.29) is 11.9 Å². The first-order chi connectivity index (χ1) is 9.61. The molecule has 0 saturated carbocycles. The number of aryl methyl sites for hydroxylation is 1. The van der Waals surface area contributed by atoms with Crippen molar-refractivity contribution < 1.29 is 9.53 Å². The van der Waals surface area contributed by atoms with Crippen LogP contribution in [0.1, 0.15) is 31.0 Å². The zero-order valence-corrected chi connectivity index (χ0v) is 12.0. The molecule has 20 heavy (non-hydrogen) atoms. The second-order valence-electron chi connectivity index (χ2n) is 4.68. The number of ether oxygens (including phenoxy) is 1. The number of benzene rings is 1. The maximum atomic E-state index is 11.7. The van der Waals surface area contributed by atoms with Crippen LogP contribution in [0.2, 0.25) is 0 Å². The molecule has 0 radical (unpaired) electrons. The van der Waals surface area contributed by atoms with Crippen molar-refractivity contribution in [2.75, 3.05) is 6.61 Å². The van der Waals surface area contributed by atoms with Crippen molar-refractivity contribution in [2.24, 2.45) is 0 Å². The quantitative estimate of drug-likeness (QED) is 0.801. The number of esters is 1. The highest BCUT2D eigenvalue weighted by Crippen LogP contribution is 2.23. The molecule has 4 heteroatoms. The molecule has 2 aromatic rings. The molecule has 1 aromatic heterocycles. The minimum Gasteiger partial charge on any atom is -0.466 e. The van der Waals surface area contributed by atoms with Gasteiger partial charge in [-0.15, -0.1) is 0 Å². The van der Waals surface area contributed by atoms with E-state index in [0.29, 0.717) is 6.61 Å². The largest absolute Gasteiger partial charge is 0.466 e. The molecule has 104 valence electrons. The summed E-state index contributed by atoms with van der Waals surface area (Å²) >= 11 is 0. The Labute approximate surface area is 118 Å². The monoisotopic (exact) mass is 270 g/mol. The first-order valence-electron chi connectivity index (χ1n) is 6.68. The molecular weight excluding hydrogens is 252 g/mol. The Kier molecular flexibility index (Phi) is 4.45. The minimum atomic E-state index is -0.249. The topological polar surface area (TPSA) is 52.1 Å². The molecule has 0 aliphatic carbocycles. The second-order valence-corrected chi connectivity index (χ2v) is 4.68. The summed E-state index contributed by atoms with van der Waals surface area (Å²) < 4.78 is 5.03. The van der Waals surface area contributed by atoms with Crippen molar-refractivity contribution >= 4 is 5.97 Å². The van der Waals surface area contributed by atoms with Gasteiger partial charge in [-0.05, 0) is 38.0 Å². The van der Waals surface area contributed by atoms with Crippen LogP contribution >= 0.6 is 0 Å². The van der Waals surface area contributed by atoms with E-state index in [2.05, 4.69) is 10.2 Å². The zero-order valence-electron chi connectivity index (χ0n) is 12.0. The number of rotatable bonds is 4. The first kappa shape index (κ1) is 14.2. The third-order valence-corrected chi connectivity index (χ3v) is 3.16. The highest BCUT2D eigenvalue weighted by atomic mass is 16.5. The second kappa shape index (κ2) is 6.28. The van der Waals surface area contributed by atoms with Gasteiger partial charge in [0.15, 0.2) is 0 Å². The van der Waals surface area contributed by atoms with Crippen LogP contribution in [0.5, 0.6) is 0 Å². The standard InChI is InChI=1S/C16H18N2O2/c1-4-20-16(19)12(3)13-5-7-14(8-6-13)15-9-11(2)18-17-10-15/h5-10,12H,4H2,1-3H3. The Morgan fingerprint density at radius 2 is 1.95 bits per heavy atom. The molecular formula is C16H18N2O2. The fraction of sp³-hybridized carbons (Fsp3) is 0.312. The van der Waals surface area contributed by atoms with E-state index in [0.717, 1.165) is 22.4 Å². The van der Waals surface area contributed by atoms with Crippen LogP contribution < -0.4 is 0 Å². The van der Waals surface area contributed by atoms with Crippen LogP contribution in [0, 0.1) is 6.92 Å². The van der Waals surface area contributed by atoms with E-state index in [4.69, 9.17) is 4.74 Å². The molecule has 1 aromatic carbocycles. The molecule has 0 bridgehead atoms. The first-order valence-corrected chi connectivity index (χ1v) is 6.68. The van der Waals surface area contributed by atoms with Crippen molar-refractivity contribution in [1.82, 2.24) is 10.2 Å². The summed E-state index contributed by atoms with van der Waals surface area (Å²) in [5.74, 6) is -0.442. The van der Waals surface area contributed by atoms with Gasteiger partial charge >= 0.3 is 5.97 Å². The van der Waals surface area contributed by atoms with E-state index in [9.17, 15) is 4.79 Å². The Morgan fingerprint density at radius 1 is 1.25 bits per heavy atom. The average molecular weight is 270 g/mol. The van der Waals surface area contributed by atoms with E-state index >= 15 is 0 Å². The fourth-order valence-electron chi connectivity index (χ4n) is 2.00. The number of hydrogen-bond acceptors (Lipinski definition) is 4. The lowest BCUT2D eigenvalue weighted by molar-refractivity contribution is -0.144. The van der Waals surface area contributed by atoms with E-state index < -0.39 is 0 Å². The SMILES string of the molecule is CCOC(=O)C(C)c1ccc(-c2cnnc(C)c2)cc1. The van der Waals surface area contributed by atoms with Crippen LogP contribution in [0.3, 0.4) is 0 Å². The molecule has 0 aliphatic heterocycles. The molecule has 0 amide bonds. The molecule has 4 nitrogen and oxygen atoms in total. The molecule has 0 spiro atoms. The van der Waals surface area contributed by atoms with Crippen LogP contribution in [-0.4, -0.2) is 22.8 Å². The van der Waals surface area contributed by atoms with Crippen LogP contribution in [0.25, 0.3) is 11.1 Å². The van der Waals surface area contributed by atoms with E-state index in [1.807, 2.05) is 51.1 Å². The van der Waals surface area contributed by atoms with Gasteiger partial charge in [-0.1, -0.05) is 24.3 Å². The van der Waals surface area contributed by atoms with E-state index in [1.54, 1.807) is 6.20 Å². The normalized spacial score (nSPS) is 11.9. The molecule has 1 heterocycles. The summed E-state index contributed by atoms with van der Waals surface area (Å²) in [6.45, 7) is 5.98. The highest BCUT2D eigenvalue weighted by Gasteiger charge is 2.16. The lowest BCUT2D eigenvalue weighted by Gasteiger charge is -2.11. The molecule has 1 unspecified atom stereocenters. The number of carbonyl (C=O) groups is 1. The Hall–Kier alpha value is -2.23. The summed E-state index contributed by atoms with van der Waals surface area (Å²) in [5, 5.41) is 7.89. The van der Waals surface area contributed by atoms with Crippen LogP contribution in [0.15, 0.2) is 36.5 Å². The lowest BCUT2D eigenvalue weighted by Crippen LogP contribution is -2.12. The summed E-state index contributed by atoms with van der Waals surface area (Å²) in [7, 11) is 0. The number of hydrogen-bond donors (Lipinski definition) is 0. The van der Waals surface area contributed by atoms with Gasteiger partial charge in [-0.3, -0.25) is 4.79 Å².